The van der Waals surface area contributed by atoms with E-state index in [2.05, 4.69) is 0 Å². The number of aliphatic hydroxyl groups excluding tert-OH is 3. The first-order valence-corrected chi connectivity index (χ1v) is 9.46. The second-order valence-electron chi connectivity index (χ2n) is 7.03. The molecule has 1 fully saturated rings. The van der Waals surface area contributed by atoms with Crippen LogP contribution in [0.2, 0.25) is 0 Å². The maximum absolute atomic E-state index is 11.7. The molecule has 1 saturated heterocycles. The van der Waals surface area contributed by atoms with E-state index < -0.39 is 42.9 Å². The highest BCUT2D eigenvalue weighted by atomic mass is 16.5. The SMILES string of the molecule is COC(=O)c1cccc(COc2cccc(C3OC(CO)C(C=O)C(O)C3O)c2)c1. The minimum Gasteiger partial charge on any atom is -0.489 e. The number of hydrogen-bond acceptors (Lipinski definition) is 8. The van der Waals surface area contributed by atoms with Crippen molar-refractivity contribution in [2.75, 3.05) is 13.7 Å². The highest BCUT2D eigenvalue weighted by Crippen LogP contribution is 2.35. The minimum atomic E-state index is -1.36. The molecule has 1 aliphatic heterocycles. The van der Waals surface area contributed by atoms with Gasteiger partial charge in [0, 0.05) is 0 Å². The third-order valence-corrected chi connectivity index (χ3v) is 5.08. The molecular weight excluding hydrogens is 392 g/mol. The number of benzene rings is 2. The van der Waals surface area contributed by atoms with Gasteiger partial charge in [-0.25, -0.2) is 4.79 Å². The molecular formula is C22H24O8. The van der Waals surface area contributed by atoms with Crippen LogP contribution in [0.4, 0.5) is 0 Å². The Labute approximate surface area is 173 Å². The number of esters is 1. The largest absolute Gasteiger partial charge is 0.489 e. The zero-order valence-electron chi connectivity index (χ0n) is 16.4. The van der Waals surface area contributed by atoms with Crippen molar-refractivity contribution in [3.8, 4) is 5.75 Å². The molecule has 2 aromatic carbocycles. The lowest BCUT2D eigenvalue weighted by Gasteiger charge is -2.40. The summed E-state index contributed by atoms with van der Waals surface area (Å²) in [6, 6.07) is 13.6. The van der Waals surface area contributed by atoms with Gasteiger partial charge in [-0.05, 0) is 35.4 Å². The zero-order valence-corrected chi connectivity index (χ0v) is 16.4. The van der Waals surface area contributed by atoms with Gasteiger partial charge in [-0.2, -0.15) is 0 Å². The van der Waals surface area contributed by atoms with E-state index in [-0.39, 0.29) is 6.61 Å². The molecule has 5 unspecified atom stereocenters. The number of rotatable bonds is 7. The Hall–Kier alpha value is -2.78. The Kier molecular flexibility index (Phi) is 7.17. The standard InChI is InChI=1S/C22H24O8/c1-28-22(27)15-6-2-4-13(8-15)12-29-16-7-3-5-14(9-16)21-20(26)19(25)17(10-23)18(11-24)30-21/h2-10,17-21,24-26H,11-12H2,1H3. The number of methoxy groups -OCH3 is 1. The van der Waals surface area contributed by atoms with E-state index in [9.17, 15) is 24.9 Å². The number of hydrogen-bond donors (Lipinski definition) is 3. The highest BCUT2D eigenvalue weighted by Gasteiger charge is 2.44. The van der Waals surface area contributed by atoms with Gasteiger partial charge < -0.3 is 34.3 Å². The van der Waals surface area contributed by atoms with Gasteiger partial charge in [0.05, 0.1) is 37.4 Å². The Balaban J connectivity index is 1.73. The van der Waals surface area contributed by atoms with Crippen molar-refractivity contribution in [1.82, 2.24) is 0 Å². The monoisotopic (exact) mass is 416 g/mol. The van der Waals surface area contributed by atoms with Crippen LogP contribution in [-0.2, 0) is 20.9 Å². The van der Waals surface area contributed by atoms with E-state index in [1.807, 2.05) is 6.07 Å². The number of carbonyl (C=O) groups excluding carboxylic acids is 2. The van der Waals surface area contributed by atoms with Crippen molar-refractivity contribution in [3.63, 3.8) is 0 Å². The second kappa shape index (κ2) is 9.82. The summed E-state index contributed by atoms with van der Waals surface area (Å²) in [5, 5.41) is 30.1. The first-order valence-electron chi connectivity index (χ1n) is 9.46. The molecule has 2 aromatic rings. The zero-order chi connectivity index (χ0) is 21.7. The molecule has 0 bridgehead atoms. The van der Waals surface area contributed by atoms with Crippen LogP contribution in [0.5, 0.6) is 5.75 Å². The molecule has 8 nitrogen and oxygen atoms in total. The van der Waals surface area contributed by atoms with Gasteiger partial charge in [0.2, 0.25) is 0 Å². The molecule has 0 saturated carbocycles. The van der Waals surface area contributed by atoms with Crippen LogP contribution >= 0.6 is 0 Å². The topological polar surface area (TPSA) is 123 Å². The summed E-state index contributed by atoms with van der Waals surface area (Å²) >= 11 is 0. The number of aldehydes is 1. The maximum Gasteiger partial charge on any atom is 0.337 e. The molecule has 160 valence electrons. The second-order valence-corrected chi connectivity index (χ2v) is 7.03. The van der Waals surface area contributed by atoms with Crippen LogP contribution in [0.15, 0.2) is 48.5 Å². The fourth-order valence-electron chi connectivity index (χ4n) is 3.45. The molecule has 3 rings (SSSR count). The van der Waals surface area contributed by atoms with Gasteiger partial charge in [0.15, 0.2) is 0 Å². The fraction of sp³-hybridized carbons (Fsp3) is 0.364. The number of aliphatic hydroxyl groups is 3. The molecule has 0 spiro atoms. The third kappa shape index (κ3) is 4.68. The normalized spacial score (nSPS) is 26.1. The van der Waals surface area contributed by atoms with Crippen LogP contribution in [0, 0.1) is 5.92 Å². The van der Waals surface area contributed by atoms with Crippen LogP contribution in [0.3, 0.4) is 0 Å². The van der Waals surface area contributed by atoms with Crippen LogP contribution in [0.1, 0.15) is 27.6 Å². The maximum atomic E-state index is 11.7. The molecule has 0 aromatic heterocycles. The molecule has 8 heteroatoms. The van der Waals surface area contributed by atoms with Crippen molar-refractivity contribution in [1.29, 1.82) is 0 Å². The number of carbonyl (C=O) groups is 2. The van der Waals surface area contributed by atoms with E-state index in [0.717, 1.165) is 5.56 Å². The molecule has 0 aliphatic carbocycles. The highest BCUT2D eigenvalue weighted by molar-refractivity contribution is 5.89. The van der Waals surface area contributed by atoms with Crippen LogP contribution in [-0.4, -0.2) is 59.6 Å². The summed E-state index contributed by atoms with van der Waals surface area (Å²) in [4.78, 5) is 22.8. The van der Waals surface area contributed by atoms with Gasteiger partial charge in [0.1, 0.15) is 30.9 Å². The van der Waals surface area contributed by atoms with Crippen LogP contribution in [0.25, 0.3) is 0 Å². The molecule has 1 heterocycles. The average molecular weight is 416 g/mol. The summed E-state index contributed by atoms with van der Waals surface area (Å²) in [5.41, 5.74) is 1.71. The van der Waals surface area contributed by atoms with E-state index in [1.165, 1.54) is 7.11 Å². The smallest absolute Gasteiger partial charge is 0.337 e. The summed E-state index contributed by atoms with van der Waals surface area (Å²) < 4.78 is 16.2. The van der Waals surface area contributed by atoms with Gasteiger partial charge in [-0.15, -0.1) is 0 Å². The van der Waals surface area contributed by atoms with Gasteiger partial charge in [-0.1, -0.05) is 24.3 Å². The minimum absolute atomic E-state index is 0.192. The lowest BCUT2D eigenvalue weighted by Crippen LogP contribution is -2.52. The van der Waals surface area contributed by atoms with Gasteiger partial charge in [-0.3, -0.25) is 0 Å². The van der Waals surface area contributed by atoms with Gasteiger partial charge >= 0.3 is 5.97 Å². The first-order chi connectivity index (χ1) is 14.5. The summed E-state index contributed by atoms with van der Waals surface area (Å²) in [5.74, 6) is -0.963. The molecule has 0 radical (unpaired) electrons. The Morgan fingerprint density at radius 2 is 1.90 bits per heavy atom. The molecule has 0 amide bonds. The Morgan fingerprint density at radius 3 is 2.60 bits per heavy atom. The molecule has 30 heavy (non-hydrogen) atoms. The average Bonchev–Trinajstić information content (AvgIpc) is 2.79. The fourth-order valence-corrected chi connectivity index (χ4v) is 3.45. The Morgan fingerprint density at radius 1 is 1.13 bits per heavy atom. The third-order valence-electron chi connectivity index (χ3n) is 5.08. The lowest BCUT2D eigenvalue weighted by molar-refractivity contribution is -0.206. The molecule has 5 atom stereocenters. The quantitative estimate of drug-likeness (QED) is 0.452. The van der Waals surface area contributed by atoms with E-state index in [0.29, 0.717) is 23.2 Å². The number of ether oxygens (including phenoxy) is 3. The predicted molar refractivity (Wildman–Crippen MR) is 105 cm³/mol. The summed E-state index contributed by atoms with van der Waals surface area (Å²) in [7, 11) is 1.31. The van der Waals surface area contributed by atoms with Crippen molar-refractivity contribution >= 4 is 12.3 Å². The predicted octanol–water partition coefficient (Wildman–Crippen LogP) is 1.02. The van der Waals surface area contributed by atoms with Crippen molar-refractivity contribution in [3.05, 3.63) is 65.2 Å². The summed E-state index contributed by atoms with van der Waals surface area (Å²) in [6.45, 7) is -0.270. The van der Waals surface area contributed by atoms with Gasteiger partial charge in [0.25, 0.3) is 0 Å². The van der Waals surface area contributed by atoms with E-state index >= 15 is 0 Å². The van der Waals surface area contributed by atoms with Crippen LogP contribution < -0.4 is 4.74 Å². The Bertz CT molecular complexity index is 881. The summed E-state index contributed by atoms with van der Waals surface area (Å²) in [6.07, 6.45) is -4.07. The van der Waals surface area contributed by atoms with Crippen molar-refractivity contribution in [2.24, 2.45) is 5.92 Å². The molecule has 3 N–H and O–H groups in total. The molecule has 1 aliphatic rings. The van der Waals surface area contributed by atoms with E-state index in [4.69, 9.17) is 14.2 Å². The van der Waals surface area contributed by atoms with Crippen molar-refractivity contribution < 1.29 is 39.1 Å². The lowest BCUT2D eigenvalue weighted by atomic mass is 9.85. The van der Waals surface area contributed by atoms with Crippen molar-refractivity contribution in [2.45, 2.75) is 31.0 Å². The van der Waals surface area contributed by atoms with E-state index in [1.54, 1.807) is 42.5 Å². The first kappa shape index (κ1) is 21.9.